The standard InChI is InChI=1S/C15H21NO/c1-3-15-14(10-7-11-17-15)16-12(2)13-8-5-4-6-9-13/h3-6,8-9,12,14-16H,1,7,10-11H2,2H3/t12-,14-,15-/m1/s1. The van der Waals surface area contributed by atoms with E-state index in [0.29, 0.717) is 12.1 Å². The van der Waals surface area contributed by atoms with Gasteiger partial charge in [-0.3, -0.25) is 0 Å². The Morgan fingerprint density at radius 3 is 2.88 bits per heavy atom. The van der Waals surface area contributed by atoms with Gasteiger partial charge in [-0.15, -0.1) is 6.58 Å². The van der Waals surface area contributed by atoms with Crippen LogP contribution in [0.3, 0.4) is 0 Å². The highest BCUT2D eigenvalue weighted by molar-refractivity contribution is 5.18. The van der Waals surface area contributed by atoms with E-state index in [-0.39, 0.29) is 6.10 Å². The Labute approximate surface area is 104 Å². The van der Waals surface area contributed by atoms with Crippen molar-refractivity contribution < 1.29 is 4.74 Å². The van der Waals surface area contributed by atoms with Crippen LogP contribution >= 0.6 is 0 Å². The van der Waals surface area contributed by atoms with Crippen LogP contribution in [0, 0.1) is 0 Å². The first-order valence-electron chi connectivity index (χ1n) is 6.36. The van der Waals surface area contributed by atoms with E-state index < -0.39 is 0 Å². The summed E-state index contributed by atoms with van der Waals surface area (Å²) in [5, 5.41) is 3.64. The summed E-state index contributed by atoms with van der Waals surface area (Å²) in [5.74, 6) is 0. The number of hydrogen-bond acceptors (Lipinski definition) is 2. The second-order valence-electron chi connectivity index (χ2n) is 4.62. The van der Waals surface area contributed by atoms with Gasteiger partial charge in [-0.05, 0) is 25.3 Å². The molecule has 1 aliphatic rings. The molecule has 0 unspecified atom stereocenters. The van der Waals surface area contributed by atoms with Crippen LogP contribution in [0.15, 0.2) is 43.0 Å². The molecule has 1 aromatic rings. The lowest BCUT2D eigenvalue weighted by Gasteiger charge is -2.32. The van der Waals surface area contributed by atoms with Crippen molar-refractivity contribution in [1.29, 1.82) is 0 Å². The van der Waals surface area contributed by atoms with Gasteiger partial charge >= 0.3 is 0 Å². The molecule has 17 heavy (non-hydrogen) atoms. The lowest BCUT2D eigenvalue weighted by molar-refractivity contribution is 0.0179. The van der Waals surface area contributed by atoms with Crippen LogP contribution in [-0.2, 0) is 4.74 Å². The molecule has 0 aromatic heterocycles. The molecule has 1 saturated heterocycles. The molecule has 0 amide bonds. The van der Waals surface area contributed by atoms with Crippen molar-refractivity contribution in [1.82, 2.24) is 5.32 Å². The van der Waals surface area contributed by atoms with Crippen molar-refractivity contribution in [3.05, 3.63) is 48.6 Å². The molecule has 2 rings (SSSR count). The Morgan fingerprint density at radius 2 is 2.18 bits per heavy atom. The molecular formula is C15H21NO. The number of rotatable bonds is 4. The molecule has 92 valence electrons. The minimum absolute atomic E-state index is 0.148. The minimum atomic E-state index is 0.148. The zero-order chi connectivity index (χ0) is 12.1. The first-order valence-corrected chi connectivity index (χ1v) is 6.36. The number of nitrogens with one attached hydrogen (secondary N) is 1. The van der Waals surface area contributed by atoms with E-state index in [2.05, 4.69) is 43.1 Å². The minimum Gasteiger partial charge on any atom is -0.373 e. The van der Waals surface area contributed by atoms with Crippen molar-refractivity contribution in [2.45, 2.75) is 38.0 Å². The summed E-state index contributed by atoms with van der Waals surface area (Å²) >= 11 is 0. The zero-order valence-electron chi connectivity index (χ0n) is 10.4. The predicted molar refractivity (Wildman–Crippen MR) is 71.0 cm³/mol. The van der Waals surface area contributed by atoms with Gasteiger partial charge < -0.3 is 10.1 Å². The topological polar surface area (TPSA) is 21.3 Å². The molecule has 1 aromatic carbocycles. The van der Waals surface area contributed by atoms with E-state index in [1.165, 1.54) is 5.56 Å². The maximum Gasteiger partial charge on any atom is 0.0906 e. The lowest BCUT2D eigenvalue weighted by Crippen LogP contribution is -2.44. The highest BCUT2D eigenvalue weighted by atomic mass is 16.5. The maximum atomic E-state index is 5.70. The van der Waals surface area contributed by atoms with Crippen LogP contribution in [0.5, 0.6) is 0 Å². The van der Waals surface area contributed by atoms with Gasteiger partial charge in [0, 0.05) is 18.7 Å². The fourth-order valence-electron chi connectivity index (χ4n) is 2.37. The highest BCUT2D eigenvalue weighted by Gasteiger charge is 2.24. The molecule has 0 radical (unpaired) electrons. The molecule has 2 nitrogen and oxygen atoms in total. The highest BCUT2D eigenvalue weighted by Crippen LogP contribution is 2.19. The molecule has 1 aliphatic heterocycles. The summed E-state index contributed by atoms with van der Waals surface area (Å²) in [6.07, 6.45) is 4.35. The summed E-state index contributed by atoms with van der Waals surface area (Å²) < 4.78 is 5.70. The summed E-state index contributed by atoms with van der Waals surface area (Å²) in [6.45, 7) is 6.90. The van der Waals surface area contributed by atoms with E-state index in [4.69, 9.17) is 4.74 Å². The van der Waals surface area contributed by atoms with Crippen LogP contribution < -0.4 is 5.32 Å². The maximum absolute atomic E-state index is 5.70. The summed E-state index contributed by atoms with van der Waals surface area (Å²) in [6, 6.07) is 11.3. The third-order valence-corrected chi connectivity index (χ3v) is 3.36. The van der Waals surface area contributed by atoms with Crippen LogP contribution in [-0.4, -0.2) is 18.8 Å². The van der Waals surface area contributed by atoms with Crippen molar-refractivity contribution in [3.8, 4) is 0 Å². The number of ether oxygens (including phenoxy) is 1. The van der Waals surface area contributed by atoms with Crippen molar-refractivity contribution >= 4 is 0 Å². The van der Waals surface area contributed by atoms with Crippen LogP contribution in [0.1, 0.15) is 31.4 Å². The molecule has 2 heteroatoms. The fraction of sp³-hybridized carbons (Fsp3) is 0.467. The molecule has 0 saturated carbocycles. The monoisotopic (exact) mass is 231 g/mol. The molecule has 1 heterocycles. The van der Waals surface area contributed by atoms with Crippen molar-refractivity contribution in [2.24, 2.45) is 0 Å². The normalized spacial score (nSPS) is 26.4. The van der Waals surface area contributed by atoms with Gasteiger partial charge in [-0.2, -0.15) is 0 Å². The average molecular weight is 231 g/mol. The van der Waals surface area contributed by atoms with Crippen molar-refractivity contribution in [2.75, 3.05) is 6.61 Å². The Bertz CT molecular complexity index is 349. The number of hydrogen-bond donors (Lipinski definition) is 1. The van der Waals surface area contributed by atoms with Gasteiger partial charge in [0.05, 0.1) is 6.10 Å². The third kappa shape index (κ3) is 3.18. The molecule has 3 atom stereocenters. The zero-order valence-corrected chi connectivity index (χ0v) is 10.4. The fourth-order valence-corrected chi connectivity index (χ4v) is 2.37. The van der Waals surface area contributed by atoms with E-state index >= 15 is 0 Å². The van der Waals surface area contributed by atoms with E-state index in [1.807, 2.05) is 12.1 Å². The lowest BCUT2D eigenvalue weighted by atomic mass is 9.99. The predicted octanol–water partition coefficient (Wildman–Crippen LogP) is 3.07. The Morgan fingerprint density at radius 1 is 1.41 bits per heavy atom. The van der Waals surface area contributed by atoms with Gasteiger partial charge in [0.25, 0.3) is 0 Å². The van der Waals surface area contributed by atoms with Crippen LogP contribution in [0.25, 0.3) is 0 Å². The first-order chi connectivity index (χ1) is 8.31. The molecule has 0 aliphatic carbocycles. The quantitative estimate of drug-likeness (QED) is 0.804. The van der Waals surface area contributed by atoms with Crippen LogP contribution in [0.2, 0.25) is 0 Å². The van der Waals surface area contributed by atoms with Crippen molar-refractivity contribution in [3.63, 3.8) is 0 Å². The van der Waals surface area contributed by atoms with E-state index in [9.17, 15) is 0 Å². The molecule has 1 N–H and O–H groups in total. The molecule has 0 bridgehead atoms. The average Bonchev–Trinajstić information content (AvgIpc) is 2.40. The smallest absolute Gasteiger partial charge is 0.0906 e. The number of benzene rings is 1. The van der Waals surface area contributed by atoms with Gasteiger partial charge in [0.2, 0.25) is 0 Å². The third-order valence-electron chi connectivity index (χ3n) is 3.36. The first kappa shape index (κ1) is 12.3. The largest absolute Gasteiger partial charge is 0.373 e. The SMILES string of the molecule is C=C[C@H]1OCCC[C@H]1N[C@H](C)c1ccccc1. The Hall–Kier alpha value is -1.12. The summed E-state index contributed by atoms with van der Waals surface area (Å²) in [5.41, 5.74) is 1.32. The van der Waals surface area contributed by atoms with E-state index in [1.54, 1.807) is 0 Å². The molecular weight excluding hydrogens is 210 g/mol. The Balaban J connectivity index is 1.97. The van der Waals surface area contributed by atoms with Crippen LogP contribution in [0.4, 0.5) is 0 Å². The Kier molecular flexibility index (Phi) is 4.35. The second-order valence-corrected chi connectivity index (χ2v) is 4.62. The molecule has 0 spiro atoms. The summed E-state index contributed by atoms with van der Waals surface area (Å²) in [4.78, 5) is 0. The van der Waals surface area contributed by atoms with Gasteiger partial charge in [-0.1, -0.05) is 36.4 Å². The van der Waals surface area contributed by atoms with Gasteiger partial charge in [0.1, 0.15) is 0 Å². The van der Waals surface area contributed by atoms with Gasteiger partial charge in [0.15, 0.2) is 0 Å². The summed E-state index contributed by atoms with van der Waals surface area (Å²) in [7, 11) is 0. The second kappa shape index (κ2) is 5.99. The van der Waals surface area contributed by atoms with Gasteiger partial charge in [-0.25, -0.2) is 0 Å². The van der Waals surface area contributed by atoms with E-state index in [0.717, 1.165) is 19.4 Å². The molecule has 1 fully saturated rings.